The van der Waals surface area contributed by atoms with Gasteiger partial charge in [-0.25, -0.2) is 14.5 Å². The molecule has 0 bridgehead atoms. The number of hydrogen-bond donors (Lipinski definition) is 1. The SMILES string of the molecule is C[C@@H]1CCc2sc3nc(=S)n4[nH]cnc4c3c2C1. The number of thiophene rings is 1. The summed E-state index contributed by atoms with van der Waals surface area (Å²) in [7, 11) is 0. The smallest absolute Gasteiger partial charge is 0.222 e. The van der Waals surface area contributed by atoms with E-state index in [2.05, 4.69) is 22.0 Å². The highest BCUT2D eigenvalue weighted by Crippen LogP contribution is 2.38. The minimum Gasteiger partial charge on any atom is -0.280 e. The van der Waals surface area contributed by atoms with Crippen LogP contribution in [-0.2, 0) is 12.8 Å². The lowest BCUT2D eigenvalue weighted by molar-refractivity contribution is 0.508. The Morgan fingerprint density at radius 2 is 2.44 bits per heavy atom. The van der Waals surface area contributed by atoms with E-state index in [1.54, 1.807) is 22.2 Å². The molecule has 1 atom stereocenters. The van der Waals surface area contributed by atoms with Gasteiger partial charge in [0.1, 0.15) is 11.2 Å². The van der Waals surface area contributed by atoms with E-state index in [0.717, 1.165) is 22.8 Å². The van der Waals surface area contributed by atoms with Crippen molar-refractivity contribution >= 4 is 39.4 Å². The van der Waals surface area contributed by atoms with Gasteiger partial charge in [-0.2, -0.15) is 0 Å². The fraction of sp³-hybridized carbons (Fsp3) is 0.417. The minimum atomic E-state index is 0.557. The van der Waals surface area contributed by atoms with E-state index < -0.39 is 0 Å². The molecule has 4 rings (SSSR count). The van der Waals surface area contributed by atoms with Crippen molar-refractivity contribution in [3.8, 4) is 0 Å². The summed E-state index contributed by atoms with van der Waals surface area (Å²) in [4.78, 5) is 11.5. The highest BCUT2D eigenvalue weighted by molar-refractivity contribution is 7.71. The Morgan fingerprint density at radius 1 is 1.56 bits per heavy atom. The molecule has 18 heavy (non-hydrogen) atoms. The topological polar surface area (TPSA) is 46.0 Å². The second kappa shape index (κ2) is 3.61. The van der Waals surface area contributed by atoms with Crippen molar-refractivity contribution in [1.29, 1.82) is 0 Å². The van der Waals surface area contributed by atoms with Gasteiger partial charge < -0.3 is 0 Å². The van der Waals surface area contributed by atoms with Gasteiger partial charge in [-0.3, -0.25) is 5.10 Å². The molecule has 1 aliphatic rings. The van der Waals surface area contributed by atoms with Crippen molar-refractivity contribution in [2.24, 2.45) is 5.92 Å². The third-order valence-electron chi connectivity index (χ3n) is 3.69. The molecule has 92 valence electrons. The van der Waals surface area contributed by atoms with Crippen LogP contribution in [-0.4, -0.2) is 19.6 Å². The molecule has 0 amide bonds. The first kappa shape index (κ1) is 10.6. The average molecular weight is 276 g/mol. The molecule has 1 aliphatic carbocycles. The number of rotatable bonds is 0. The fourth-order valence-electron chi connectivity index (χ4n) is 2.78. The van der Waals surface area contributed by atoms with Gasteiger partial charge in [-0.1, -0.05) is 6.92 Å². The van der Waals surface area contributed by atoms with Crippen LogP contribution in [0.4, 0.5) is 0 Å². The first-order valence-corrected chi connectivity index (χ1v) is 7.33. The fourth-order valence-corrected chi connectivity index (χ4v) is 4.28. The molecule has 3 heterocycles. The predicted molar refractivity (Wildman–Crippen MR) is 74.7 cm³/mol. The molecular formula is C12H12N4S2. The van der Waals surface area contributed by atoms with Crippen molar-refractivity contribution in [2.75, 3.05) is 0 Å². The van der Waals surface area contributed by atoms with E-state index in [1.165, 1.54) is 28.7 Å². The zero-order valence-corrected chi connectivity index (χ0v) is 11.6. The van der Waals surface area contributed by atoms with E-state index in [4.69, 9.17) is 12.2 Å². The molecule has 0 spiro atoms. The van der Waals surface area contributed by atoms with Crippen LogP contribution in [0.1, 0.15) is 23.8 Å². The summed E-state index contributed by atoms with van der Waals surface area (Å²) in [6.07, 6.45) is 5.26. The van der Waals surface area contributed by atoms with Gasteiger partial charge in [-0.05, 0) is 43.0 Å². The van der Waals surface area contributed by atoms with Crippen LogP contribution >= 0.6 is 23.6 Å². The Morgan fingerprint density at radius 3 is 3.33 bits per heavy atom. The van der Waals surface area contributed by atoms with Crippen molar-refractivity contribution in [1.82, 2.24) is 19.6 Å². The molecule has 0 aromatic carbocycles. The van der Waals surface area contributed by atoms with Crippen molar-refractivity contribution in [2.45, 2.75) is 26.2 Å². The lowest BCUT2D eigenvalue weighted by Crippen LogP contribution is -2.09. The number of nitrogens with one attached hydrogen (secondary N) is 1. The Bertz CT molecular complexity index is 811. The third kappa shape index (κ3) is 1.33. The van der Waals surface area contributed by atoms with Crippen LogP contribution in [0.5, 0.6) is 0 Å². The predicted octanol–water partition coefficient (Wildman–Crippen LogP) is 3.13. The highest BCUT2D eigenvalue weighted by atomic mass is 32.1. The number of hydrogen-bond acceptors (Lipinski definition) is 4. The largest absolute Gasteiger partial charge is 0.280 e. The van der Waals surface area contributed by atoms with Gasteiger partial charge in [0, 0.05) is 4.88 Å². The van der Waals surface area contributed by atoms with Gasteiger partial charge in [0.25, 0.3) is 0 Å². The second-order valence-electron chi connectivity index (χ2n) is 4.97. The maximum Gasteiger partial charge on any atom is 0.222 e. The lowest BCUT2D eigenvalue weighted by atomic mass is 9.89. The number of aromatic nitrogens is 4. The Kier molecular flexibility index (Phi) is 2.14. The number of H-pyrrole nitrogens is 1. The van der Waals surface area contributed by atoms with Crippen LogP contribution < -0.4 is 0 Å². The maximum absolute atomic E-state index is 5.29. The molecule has 0 saturated carbocycles. The van der Waals surface area contributed by atoms with Gasteiger partial charge in [0.05, 0.1) is 5.39 Å². The second-order valence-corrected chi connectivity index (χ2v) is 6.42. The van der Waals surface area contributed by atoms with Crippen molar-refractivity contribution in [3.63, 3.8) is 0 Å². The molecule has 3 aromatic heterocycles. The van der Waals surface area contributed by atoms with Crippen molar-refractivity contribution < 1.29 is 0 Å². The van der Waals surface area contributed by atoms with Crippen molar-refractivity contribution in [3.05, 3.63) is 21.5 Å². The minimum absolute atomic E-state index is 0.557. The monoisotopic (exact) mass is 276 g/mol. The van der Waals surface area contributed by atoms with Crippen LogP contribution in [0.2, 0.25) is 0 Å². The van der Waals surface area contributed by atoms with Gasteiger partial charge in [0.2, 0.25) is 4.77 Å². The summed E-state index contributed by atoms with van der Waals surface area (Å²) in [6, 6.07) is 0. The molecule has 3 aromatic rings. The number of fused-ring (bicyclic) bond motifs is 5. The lowest BCUT2D eigenvalue weighted by Gasteiger charge is -2.17. The van der Waals surface area contributed by atoms with Crippen LogP contribution in [0.15, 0.2) is 6.33 Å². The Labute approximate surface area is 113 Å². The Hall–Kier alpha value is -1.27. The molecule has 0 aliphatic heterocycles. The van der Waals surface area contributed by atoms with Crippen LogP contribution in [0, 0.1) is 10.7 Å². The number of aromatic amines is 1. The molecule has 0 unspecified atom stereocenters. The van der Waals surface area contributed by atoms with E-state index in [9.17, 15) is 0 Å². The third-order valence-corrected chi connectivity index (χ3v) is 5.15. The average Bonchev–Trinajstić information content (AvgIpc) is 2.92. The summed E-state index contributed by atoms with van der Waals surface area (Å²) in [5.41, 5.74) is 2.37. The van der Waals surface area contributed by atoms with E-state index in [1.807, 2.05) is 0 Å². The number of aryl methyl sites for hydroxylation is 1. The van der Waals surface area contributed by atoms with Crippen LogP contribution in [0.25, 0.3) is 15.9 Å². The first-order valence-electron chi connectivity index (χ1n) is 6.10. The molecule has 1 N–H and O–H groups in total. The summed E-state index contributed by atoms with van der Waals surface area (Å²) in [5.74, 6) is 0.748. The van der Waals surface area contributed by atoms with Gasteiger partial charge >= 0.3 is 0 Å². The standard InChI is InChI=1S/C12H12N4S2/c1-6-2-3-8-7(4-6)9-10-13-5-14-16(10)12(17)15-11(9)18-8/h5-6H,2-4H2,1H3,(H,13,14)/t6-/m1/s1. The summed E-state index contributed by atoms with van der Waals surface area (Å²) in [6.45, 7) is 2.32. The Balaban J connectivity index is 2.19. The quantitative estimate of drug-likeness (QED) is 0.642. The molecule has 6 heteroatoms. The zero-order valence-electron chi connectivity index (χ0n) is 9.93. The molecule has 0 fully saturated rings. The zero-order chi connectivity index (χ0) is 12.3. The first-order chi connectivity index (χ1) is 8.74. The van der Waals surface area contributed by atoms with E-state index >= 15 is 0 Å². The van der Waals surface area contributed by atoms with Gasteiger partial charge in [0.15, 0.2) is 5.65 Å². The summed E-state index contributed by atoms with van der Waals surface area (Å²) >= 11 is 7.08. The molecule has 4 nitrogen and oxygen atoms in total. The van der Waals surface area contributed by atoms with E-state index in [-0.39, 0.29) is 0 Å². The molecular weight excluding hydrogens is 264 g/mol. The molecule has 0 saturated heterocycles. The normalized spacial score (nSPS) is 19.5. The van der Waals surface area contributed by atoms with E-state index in [0.29, 0.717) is 4.77 Å². The molecule has 0 radical (unpaired) electrons. The van der Waals surface area contributed by atoms with Crippen LogP contribution in [0.3, 0.4) is 0 Å². The number of nitrogens with zero attached hydrogens (tertiary/aromatic N) is 3. The summed E-state index contributed by atoms with van der Waals surface area (Å²) in [5, 5.41) is 4.24. The highest BCUT2D eigenvalue weighted by Gasteiger charge is 2.23. The maximum atomic E-state index is 5.29. The summed E-state index contributed by atoms with van der Waals surface area (Å²) < 4.78 is 2.35. The van der Waals surface area contributed by atoms with Gasteiger partial charge in [-0.15, -0.1) is 11.3 Å².